The molecule has 0 fully saturated rings. The van der Waals surface area contributed by atoms with E-state index in [1.165, 1.54) is 11.1 Å². The Morgan fingerprint density at radius 3 is 2.25 bits per heavy atom. The summed E-state index contributed by atoms with van der Waals surface area (Å²) in [6.07, 6.45) is 0.646. The Hall–Kier alpha value is -1.06. The highest BCUT2D eigenvalue weighted by Crippen LogP contribution is 2.28. The Bertz CT molecular complexity index is 444. The fraction of sp³-hybridized carbons (Fsp3) is 0.562. The summed E-state index contributed by atoms with van der Waals surface area (Å²) in [6.45, 7) is 10.5. The van der Waals surface area contributed by atoms with E-state index in [-0.39, 0.29) is 18.3 Å². The van der Waals surface area contributed by atoms with Gasteiger partial charge in [-0.25, -0.2) is 0 Å². The molecule has 0 aliphatic rings. The minimum Gasteiger partial charge on any atom is -0.324 e. The molecule has 0 unspecified atom stereocenters. The predicted molar refractivity (Wildman–Crippen MR) is 88.8 cm³/mol. The number of anilines is 1. The molecular formula is C16H27ClN2O. The molecule has 0 saturated heterocycles. The number of rotatable bonds is 5. The van der Waals surface area contributed by atoms with Crippen LogP contribution in [0.15, 0.2) is 18.2 Å². The van der Waals surface area contributed by atoms with Gasteiger partial charge in [-0.1, -0.05) is 46.8 Å². The molecule has 0 spiro atoms. The quantitative estimate of drug-likeness (QED) is 0.862. The second kappa shape index (κ2) is 8.28. The van der Waals surface area contributed by atoms with Crippen molar-refractivity contribution in [2.75, 3.05) is 5.32 Å². The maximum Gasteiger partial charge on any atom is 0.241 e. The predicted octanol–water partition coefficient (Wildman–Crippen LogP) is 4.03. The van der Waals surface area contributed by atoms with Gasteiger partial charge in [-0.2, -0.15) is 0 Å². The first kappa shape index (κ1) is 18.9. The summed E-state index contributed by atoms with van der Waals surface area (Å²) >= 11 is 0. The first-order chi connectivity index (χ1) is 8.86. The van der Waals surface area contributed by atoms with E-state index >= 15 is 0 Å². The van der Waals surface area contributed by atoms with Crippen LogP contribution >= 0.6 is 12.4 Å². The zero-order valence-corrected chi connectivity index (χ0v) is 13.9. The van der Waals surface area contributed by atoms with Crippen LogP contribution in [0.1, 0.15) is 64.0 Å². The molecule has 0 heterocycles. The molecule has 4 heteroatoms. The number of amides is 1. The lowest BCUT2D eigenvalue weighted by molar-refractivity contribution is -0.117. The number of carbonyl (C=O) groups excluding carboxylic acids is 1. The van der Waals surface area contributed by atoms with Gasteiger partial charge in [0.25, 0.3) is 0 Å². The van der Waals surface area contributed by atoms with Crippen molar-refractivity contribution in [3.05, 3.63) is 29.3 Å². The monoisotopic (exact) mass is 298 g/mol. The zero-order chi connectivity index (χ0) is 14.6. The highest BCUT2D eigenvalue weighted by atomic mass is 35.5. The molecule has 3 nitrogen and oxygen atoms in total. The van der Waals surface area contributed by atoms with Crippen molar-refractivity contribution in [1.82, 2.24) is 0 Å². The third-order valence-corrected chi connectivity index (χ3v) is 3.40. The van der Waals surface area contributed by atoms with Gasteiger partial charge < -0.3 is 11.1 Å². The van der Waals surface area contributed by atoms with E-state index in [2.05, 4.69) is 45.1 Å². The summed E-state index contributed by atoms with van der Waals surface area (Å²) in [6, 6.07) is 5.81. The molecular weight excluding hydrogens is 272 g/mol. The lowest BCUT2D eigenvalue weighted by Crippen LogP contribution is -2.35. The first-order valence-electron chi connectivity index (χ1n) is 7.07. The van der Waals surface area contributed by atoms with E-state index in [0.717, 1.165) is 5.69 Å². The summed E-state index contributed by atoms with van der Waals surface area (Å²) in [4.78, 5) is 11.9. The summed E-state index contributed by atoms with van der Waals surface area (Å²) in [5.74, 6) is 0.744. The maximum atomic E-state index is 11.9. The van der Waals surface area contributed by atoms with Crippen LogP contribution in [0.3, 0.4) is 0 Å². The lowest BCUT2D eigenvalue weighted by atomic mass is 9.94. The number of hydrogen-bond acceptors (Lipinski definition) is 2. The van der Waals surface area contributed by atoms with Gasteiger partial charge in [0.15, 0.2) is 0 Å². The van der Waals surface area contributed by atoms with E-state index in [1.807, 2.05) is 13.0 Å². The van der Waals surface area contributed by atoms with Crippen molar-refractivity contribution in [2.24, 2.45) is 5.73 Å². The maximum absolute atomic E-state index is 11.9. The van der Waals surface area contributed by atoms with Crippen LogP contribution in [-0.4, -0.2) is 11.9 Å². The van der Waals surface area contributed by atoms with Gasteiger partial charge in [0.05, 0.1) is 6.04 Å². The van der Waals surface area contributed by atoms with Gasteiger partial charge in [-0.15, -0.1) is 12.4 Å². The molecule has 0 aromatic heterocycles. The average molecular weight is 299 g/mol. The Morgan fingerprint density at radius 1 is 1.20 bits per heavy atom. The Morgan fingerprint density at radius 2 is 1.80 bits per heavy atom. The number of hydrogen-bond donors (Lipinski definition) is 2. The highest BCUT2D eigenvalue weighted by Gasteiger charge is 2.15. The number of benzene rings is 1. The van der Waals surface area contributed by atoms with Gasteiger partial charge in [0.2, 0.25) is 5.91 Å². The van der Waals surface area contributed by atoms with Gasteiger partial charge in [0, 0.05) is 5.69 Å². The Labute approximate surface area is 128 Å². The zero-order valence-electron chi connectivity index (χ0n) is 13.1. The highest BCUT2D eigenvalue weighted by molar-refractivity contribution is 5.95. The van der Waals surface area contributed by atoms with Crippen LogP contribution in [0.4, 0.5) is 5.69 Å². The molecule has 0 aliphatic heterocycles. The minimum absolute atomic E-state index is 0. The molecule has 0 saturated carbocycles. The second-order valence-corrected chi connectivity index (χ2v) is 5.66. The molecule has 3 N–H and O–H groups in total. The molecule has 1 aromatic rings. The summed E-state index contributed by atoms with van der Waals surface area (Å²) in [7, 11) is 0. The van der Waals surface area contributed by atoms with Crippen molar-refractivity contribution < 1.29 is 4.79 Å². The SMILES string of the molecule is CC[C@H](N)C(=O)Nc1ccc(C(C)C)cc1C(C)C.Cl. The molecule has 1 rings (SSSR count). The van der Waals surface area contributed by atoms with E-state index < -0.39 is 6.04 Å². The fourth-order valence-electron chi connectivity index (χ4n) is 1.94. The van der Waals surface area contributed by atoms with Crippen LogP contribution in [0.2, 0.25) is 0 Å². The Balaban J connectivity index is 0.00000361. The van der Waals surface area contributed by atoms with E-state index in [9.17, 15) is 4.79 Å². The third kappa shape index (κ3) is 4.80. The van der Waals surface area contributed by atoms with E-state index in [1.54, 1.807) is 0 Å². The van der Waals surface area contributed by atoms with Crippen molar-refractivity contribution in [1.29, 1.82) is 0 Å². The van der Waals surface area contributed by atoms with Crippen molar-refractivity contribution in [2.45, 2.75) is 58.9 Å². The van der Waals surface area contributed by atoms with Crippen LogP contribution in [0.25, 0.3) is 0 Å². The van der Waals surface area contributed by atoms with Gasteiger partial charge in [0.1, 0.15) is 0 Å². The van der Waals surface area contributed by atoms with Crippen molar-refractivity contribution in [3.63, 3.8) is 0 Å². The summed E-state index contributed by atoms with van der Waals surface area (Å²) < 4.78 is 0. The number of nitrogens with one attached hydrogen (secondary N) is 1. The lowest BCUT2D eigenvalue weighted by Gasteiger charge is -2.18. The molecule has 0 bridgehead atoms. The standard InChI is InChI=1S/C16H26N2O.ClH/c1-6-14(17)16(19)18-15-8-7-12(10(2)3)9-13(15)11(4)5;/h7-11,14H,6,17H2,1-5H3,(H,18,19);1H/t14-;/m0./s1. The van der Waals surface area contributed by atoms with Gasteiger partial charge >= 0.3 is 0 Å². The van der Waals surface area contributed by atoms with Gasteiger partial charge in [-0.3, -0.25) is 4.79 Å². The average Bonchev–Trinajstić information content (AvgIpc) is 2.37. The second-order valence-electron chi connectivity index (χ2n) is 5.66. The molecule has 114 valence electrons. The molecule has 20 heavy (non-hydrogen) atoms. The summed E-state index contributed by atoms with van der Waals surface area (Å²) in [5, 5.41) is 2.94. The minimum atomic E-state index is -0.440. The smallest absolute Gasteiger partial charge is 0.241 e. The molecule has 1 amide bonds. The van der Waals surface area contributed by atoms with Crippen LogP contribution in [-0.2, 0) is 4.79 Å². The molecule has 0 aliphatic carbocycles. The van der Waals surface area contributed by atoms with Crippen molar-refractivity contribution >= 4 is 24.0 Å². The summed E-state index contributed by atoms with van der Waals surface area (Å²) in [5.41, 5.74) is 9.10. The Kier molecular flexibility index (Phi) is 7.84. The normalized spacial score (nSPS) is 12.2. The van der Waals surface area contributed by atoms with Crippen LogP contribution in [0.5, 0.6) is 0 Å². The largest absolute Gasteiger partial charge is 0.324 e. The van der Waals surface area contributed by atoms with Crippen molar-refractivity contribution in [3.8, 4) is 0 Å². The third-order valence-electron chi connectivity index (χ3n) is 3.40. The number of halogens is 1. The fourth-order valence-corrected chi connectivity index (χ4v) is 1.94. The molecule has 1 aromatic carbocycles. The van der Waals surface area contributed by atoms with E-state index in [0.29, 0.717) is 18.3 Å². The first-order valence-corrected chi connectivity index (χ1v) is 7.07. The number of carbonyl (C=O) groups is 1. The molecule has 0 radical (unpaired) electrons. The molecule has 1 atom stereocenters. The van der Waals surface area contributed by atoms with E-state index in [4.69, 9.17) is 5.73 Å². The van der Waals surface area contributed by atoms with Gasteiger partial charge in [-0.05, 0) is 35.4 Å². The number of nitrogens with two attached hydrogens (primary N) is 1. The van der Waals surface area contributed by atoms with Crippen LogP contribution < -0.4 is 11.1 Å². The van der Waals surface area contributed by atoms with Crippen LogP contribution in [0, 0.1) is 0 Å². The topological polar surface area (TPSA) is 55.1 Å².